The first-order chi connectivity index (χ1) is 6.22. The Morgan fingerprint density at radius 1 is 1.46 bits per heavy atom. The van der Waals surface area contributed by atoms with Crippen molar-refractivity contribution in [1.29, 1.82) is 0 Å². The van der Waals surface area contributed by atoms with Gasteiger partial charge in [-0.1, -0.05) is 20.3 Å². The molecule has 0 N–H and O–H groups in total. The van der Waals surface area contributed by atoms with Gasteiger partial charge in [-0.25, -0.2) is 0 Å². The fourth-order valence-corrected chi connectivity index (χ4v) is 2.83. The van der Waals surface area contributed by atoms with Crippen LogP contribution >= 0.6 is 0 Å². The predicted octanol–water partition coefficient (Wildman–Crippen LogP) is 2.37. The number of hydrogen-bond donors (Lipinski definition) is 0. The summed E-state index contributed by atoms with van der Waals surface area (Å²) in [4.78, 5) is 11.5. The summed E-state index contributed by atoms with van der Waals surface area (Å²) in [6.45, 7) is 4.35. The van der Waals surface area contributed by atoms with Crippen LogP contribution in [0.3, 0.4) is 0 Å². The zero-order valence-electron chi connectivity index (χ0n) is 8.45. The number of ether oxygens (including phenoxy) is 1. The molecular weight excluding hydrogens is 164 g/mol. The summed E-state index contributed by atoms with van der Waals surface area (Å²) in [5.41, 5.74) is 0. The van der Waals surface area contributed by atoms with E-state index in [4.69, 9.17) is 4.74 Å². The molecule has 13 heavy (non-hydrogen) atoms. The van der Waals surface area contributed by atoms with Crippen molar-refractivity contribution in [3.05, 3.63) is 0 Å². The molecule has 2 heteroatoms. The first-order valence-electron chi connectivity index (χ1n) is 5.42. The van der Waals surface area contributed by atoms with E-state index in [1.165, 1.54) is 12.8 Å². The molecule has 4 atom stereocenters. The van der Waals surface area contributed by atoms with E-state index in [0.29, 0.717) is 11.8 Å². The van der Waals surface area contributed by atoms with Gasteiger partial charge in [-0.05, 0) is 25.2 Å². The second-order valence-electron chi connectivity index (χ2n) is 4.57. The molecule has 1 aliphatic carbocycles. The fraction of sp³-hybridized carbons (Fsp3) is 0.909. The largest absolute Gasteiger partial charge is 0.462 e. The topological polar surface area (TPSA) is 26.3 Å². The third kappa shape index (κ3) is 1.47. The van der Waals surface area contributed by atoms with Crippen molar-refractivity contribution >= 4 is 5.97 Å². The standard InChI is InChI=1S/C11H18O2/c1-3-10-8-5-4-7(2)6-9(8)11(12)13-10/h7-10H,3-6H2,1-2H3. The average Bonchev–Trinajstić information content (AvgIpc) is 2.43. The van der Waals surface area contributed by atoms with Crippen LogP contribution in [-0.4, -0.2) is 12.1 Å². The quantitative estimate of drug-likeness (QED) is 0.582. The van der Waals surface area contributed by atoms with E-state index < -0.39 is 0 Å². The molecular formula is C11H18O2. The summed E-state index contributed by atoms with van der Waals surface area (Å²) < 4.78 is 5.37. The van der Waals surface area contributed by atoms with Crippen molar-refractivity contribution in [3.8, 4) is 0 Å². The van der Waals surface area contributed by atoms with Gasteiger partial charge in [0.05, 0.1) is 5.92 Å². The van der Waals surface area contributed by atoms with Crippen LogP contribution in [-0.2, 0) is 9.53 Å². The molecule has 0 aromatic rings. The van der Waals surface area contributed by atoms with E-state index in [1.54, 1.807) is 0 Å². The molecule has 1 aliphatic heterocycles. The Bertz CT molecular complexity index is 212. The summed E-state index contributed by atoms with van der Waals surface area (Å²) >= 11 is 0. The molecule has 2 rings (SSSR count). The second kappa shape index (κ2) is 3.32. The second-order valence-corrected chi connectivity index (χ2v) is 4.57. The number of rotatable bonds is 1. The van der Waals surface area contributed by atoms with Gasteiger partial charge < -0.3 is 4.74 Å². The minimum Gasteiger partial charge on any atom is -0.462 e. The number of cyclic esters (lactones) is 1. The number of carbonyl (C=O) groups is 1. The SMILES string of the molecule is CCC1OC(=O)C2CC(C)CCC12. The maximum Gasteiger partial charge on any atom is 0.309 e. The van der Waals surface area contributed by atoms with E-state index >= 15 is 0 Å². The number of hydrogen-bond acceptors (Lipinski definition) is 2. The smallest absolute Gasteiger partial charge is 0.309 e. The number of fused-ring (bicyclic) bond motifs is 1. The summed E-state index contributed by atoms with van der Waals surface area (Å²) in [5, 5.41) is 0. The average molecular weight is 182 g/mol. The van der Waals surface area contributed by atoms with Gasteiger partial charge in [0.15, 0.2) is 0 Å². The highest BCUT2D eigenvalue weighted by molar-refractivity contribution is 5.75. The lowest BCUT2D eigenvalue weighted by Crippen LogP contribution is -2.27. The lowest BCUT2D eigenvalue weighted by molar-refractivity contribution is -0.144. The molecule has 2 nitrogen and oxygen atoms in total. The van der Waals surface area contributed by atoms with Gasteiger partial charge in [-0.15, -0.1) is 0 Å². The lowest BCUT2D eigenvalue weighted by atomic mass is 9.73. The van der Waals surface area contributed by atoms with Gasteiger partial charge in [0.25, 0.3) is 0 Å². The van der Waals surface area contributed by atoms with Crippen LogP contribution in [0.25, 0.3) is 0 Å². The van der Waals surface area contributed by atoms with E-state index in [0.717, 1.165) is 12.8 Å². The third-order valence-electron chi connectivity index (χ3n) is 3.62. The highest BCUT2D eigenvalue weighted by Gasteiger charge is 2.45. The monoisotopic (exact) mass is 182 g/mol. The van der Waals surface area contributed by atoms with Crippen LogP contribution in [0.15, 0.2) is 0 Å². The summed E-state index contributed by atoms with van der Waals surface area (Å²) in [6.07, 6.45) is 4.73. The maximum absolute atomic E-state index is 11.5. The summed E-state index contributed by atoms with van der Waals surface area (Å²) in [5.74, 6) is 1.55. The minimum atomic E-state index is 0.0726. The highest BCUT2D eigenvalue weighted by atomic mass is 16.6. The molecule has 2 aliphatic rings. The van der Waals surface area contributed by atoms with Gasteiger partial charge in [-0.2, -0.15) is 0 Å². The van der Waals surface area contributed by atoms with Crippen LogP contribution in [0.2, 0.25) is 0 Å². The minimum absolute atomic E-state index is 0.0726. The molecule has 1 heterocycles. The Hall–Kier alpha value is -0.530. The molecule has 1 saturated heterocycles. The summed E-state index contributed by atoms with van der Waals surface area (Å²) in [6, 6.07) is 0. The Kier molecular flexibility index (Phi) is 2.31. The van der Waals surface area contributed by atoms with Crippen molar-refractivity contribution in [1.82, 2.24) is 0 Å². The molecule has 4 unspecified atom stereocenters. The van der Waals surface area contributed by atoms with Crippen molar-refractivity contribution in [3.63, 3.8) is 0 Å². The van der Waals surface area contributed by atoms with E-state index in [2.05, 4.69) is 13.8 Å². The Morgan fingerprint density at radius 3 is 2.92 bits per heavy atom. The van der Waals surface area contributed by atoms with Crippen LogP contribution in [0.4, 0.5) is 0 Å². The molecule has 1 saturated carbocycles. The first-order valence-corrected chi connectivity index (χ1v) is 5.42. The van der Waals surface area contributed by atoms with E-state index in [9.17, 15) is 4.79 Å². The molecule has 0 aromatic carbocycles. The maximum atomic E-state index is 11.5. The number of esters is 1. The van der Waals surface area contributed by atoms with Gasteiger partial charge >= 0.3 is 5.97 Å². The molecule has 0 radical (unpaired) electrons. The predicted molar refractivity (Wildman–Crippen MR) is 50.2 cm³/mol. The van der Waals surface area contributed by atoms with Crippen LogP contribution in [0.5, 0.6) is 0 Å². The van der Waals surface area contributed by atoms with Crippen LogP contribution in [0, 0.1) is 17.8 Å². The van der Waals surface area contributed by atoms with Gasteiger partial charge in [0.1, 0.15) is 6.10 Å². The van der Waals surface area contributed by atoms with Crippen molar-refractivity contribution in [2.24, 2.45) is 17.8 Å². The molecule has 74 valence electrons. The Balaban J connectivity index is 2.10. The Morgan fingerprint density at radius 2 is 2.23 bits per heavy atom. The van der Waals surface area contributed by atoms with E-state index in [1.807, 2.05) is 0 Å². The van der Waals surface area contributed by atoms with E-state index in [-0.39, 0.29) is 18.0 Å². The third-order valence-corrected chi connectivity index (χ3v) is 3.62. The van der Waals surface area contributed by atoms with Crippen LogP contribution in [0.1, 0.15) is 39.5 Å². The zero-order chi connectivity index (χ0) is 9.42. The zero-order valence-corrected chi connectivity index (χ0v) is 8.45. The Labute approximate surface area is 79.7 Å². The van der Waals surface area contributed by atoms with Crippen molar-refractivity contribution in [2.45, 2.75) is 45.6 Å². The molecule has 0 spiro atoms. The molecule has 2 fully saturated rings. The van der Waals surface area contributed by atoms with Gasteiger partial charge in [0.2, 0.25) is 0 Å². The summed E-state index contributed by atoms with van der Waals surface area (Å²) in [7, 11) is 0. The molecule has 0 aromatic heterocycles. The van der Waals surface area contributed by atoms with Crippen LogP contribution < -0.4 is 0 Å². The van der Waals surface area contributed by atoms with Gasteiger partial charge in [0, 0.05) is 5.92 Å². The van der Waals surface area contributed by atoms with Gasteiger partial charge in [-0.3, -0.25) is 4.79 Å². The normalized spacial score (nSPS) is 44.3. The lowest BCUT2D eigenvalue weighted by Gasteiger charge is -2.28. The highest BCUT2D eigenvalue weighted by Crippen LogP contribution is 2.42. The van der Waals surface area contributed by atoms with Crippen molar-refractivity contribution in [2.75, 3.05) is 0 Å². The molecule has 0 bridgehead atoms. The fourth-order valence-electron chi connectivity index (χ4n) is 2.83. The molecule has 0 amide bonds. The van der Waals surface area contributed by atoms with Crippen molar-refractivity contribution < 1.29 is 9.53 Å². The first kappa shape index (κ1) is 9.04. The number of carbonyl (C=O) groups excluding carboxylic acids is 1.